The van der Waals surface area contributed by atoms with Crippen molar-refractivity contribution >= 4 is 21.4 Å². The first-order chi connectivity index (χ1) is 10.5. The van der Waals surface area contributed by atoms with Gasteiger partial charge in [-0.05, 0) is 29.8 Å². The monoisotopic (exact) mass is 319 g/mol. The Morgan fingerprint density at radius 2 is 1.86 bits per heavy atom. The fourth-order valence-electron chi connectivity index (χ4n) is 2.54. The lowest BCUT2D eigenvalue weighted by molar-refractivity contribution is -0.118. The van der Waals surface area contributed by atoms with Crippen LogP contribution in [0.4, 0.5) is 10.1 Å². The summed E-state index contributed by atoms with van der Waals surface area (Å²) in [6.45, 7) is 0.142. The minimum absolute atomic E-state index is 0.0771. The van der Waals surface area contributed by atoms with Crippen molar-refractivity contribution in [2.75, 3.05) is 10.7 Å². The van der Waals surface area contributed by atoms with E-state index in [1.54, 1.807) is 30.3 Å². The lowest BCUT2D eigenvalue weighted by Gasteiger charge is -2.22. The molecule has 0 bridgehead atoms. The second-order valence-electron chi connectivity index (χ2n) is 5.15. The topological polar surface area (TPSA) is 54.5 Å². The number of halogens is 1. The summed E-state index contributed by atoms with van der Waals surface area (Å²) in [5, 5.41) is 0. The van der Waals surface area contributed by atoms with Crippen LogP contribution in [0.1, 0.15) is 12.0 Å². The molecule has 3 rings (SSSR count). The number of hydrogen-bond donors (Lipinski definition) is 0. The van der Waals surface area contributed by atoms with Gasteiger partial charge < -0.3 is 4.90 Å². The van der Waals surface area contributed by atoms with E-state index in [0.29, 0.717) is 11.3 Å². The third-order valence-corrected chi connectivity index (χ3v) is 5.36. The molecule has 0 saturated heterocycles. The van der Waals surface area contributed by atoms with Crippen molar-refractivity contribution in [1.29, 1.82) is 0 Å². The van der Waals surface area contributed by atoms with Crippen LogP contribution in [0, 0.1) is 5.82 Å². The highest BCUT2D eigenvalue weighted by Gasteiger charge is 2.30. The quantitative estimate of drug-likeness (QED) is 0.855. The number of benzene rings is 2. The van der Waals surface area contributed by atoms with Gasteiger partial charge in [0.2, 0.25) is 5.91 Å². The third kappa shape index (κ3) is 2.74. The molecule has 1 heterocycles. The molecule has 2 aromatic carbocycles. The largest absolute Gasteiger partial charge is 0.307 e. The van der Waals surface area contributed by atoms with Crippen molar-refractivity contribution in [2.24, 2.45) is 0 Å². The lowest BCUT2D eigenvalue weighted by Crippen LogP contribution is -2.29. The molecule has 0 N–H and O–H groups in total. The highest BCUT2D eigenvalue weighted by atomic mass is 32.2. The Hall–Kier alpha value is -2.21. The van der Waals surface area contributed by atoms with E-state index in [9.17, 15) is 17.6 Å². The van der Waals surface area contributed by atoms with Crippen LogP contribution < -0.4 is 4.90 Å². The summed E-state index contributed by atoms with van der Waals surface area (Å²) >= 11 is 0. The molecule has 0 spiro atoms. The number of anilines is 1. The molecule has 1 aliphatic heterocycles. The minimum atomic E-state index is -3.48. The maximum absolute atomic E-state index is 13.3. The summed E-state index contributed by atoms with van der Waals surface area (Å²) < 4.78 is 37.8. The fourth-order valence-corrected chi connectivity index (χ4v) is 3.98. The average molecular weight is 319 g/mol. The van der Waals surface area contributed by atoms with E-state index in [-0.39, 0.29) is 35.3 Å². The van der Waals surface area contributed by atoms with Gasteiger partial charge in [-0.3, -0.25) is 4.79 Å². The van der Waals surface area contributed by atoms with Gasteiger partial charge in [0.1, 0.15) is 5.82 Å². The first kappa shape index (κ1) is 14.7. The average Bonchev–Trinajstić information content (AvgIpc) is 2.58. The van der Waals surface area contributed by atoms with Crippen molar-refractivity contribution in [3.05, 3.63) is 59.9 Å². The number of carbonyl (C=O) groups is 1. The smallest absolute Gasteiger partial charge is 0.228 e. The molecular weight excluding hydrogens is 305 g/mol. The molecule has 0 fully saturated rings. The fraction of sp³-hybridized carbons (Fsp3) is 0.188. The van der Waals surface area contributed by atoms with Crippen LogP contribution in [-0.4, -0.2) is 20.1 Å². The van der Waals surface area contributed by atoms with E-state index < -0.39 is 9.84 Å². The Morgan fingerprint density at radius 1 is 1.09 bits per heavy atom. The van der Waals surface area contributed by atoms with E-state index in [4.69, 9.17) is 0 Å². The molecule has 6 heteroatoms. The zero-order valence-corrected chi connectivity index (χ0v) is 12.5. The van der Waals surface area contributed by atoms with Gasteiger partial charge in [-0.15, -0.1) is 0 Å². The van der Waals surface area contributed by atoms with Gasteiger partial charge in [-0.2, -0.15) is 0 Å². The Labute approximate surface area is 128 Å². The normalized spacial score (nSPS) is 17.0. The number of amides is 1. The first-order valence-corrected chi connectivity index (χ1v) is 8.49. The molecule has 2 aromatic rings. The Kier molecular flexibility index (Phi) is 3.70. The molecular formula is C16H14FNO3S. The Morgan fingerprint density at radius 3 is 2.64 bits per heavy atom. The predicted molar refractivity (Wildman–Crippen MR) is 80.7 cm³/mol. The van der Waals surface area contributed by atoms with E-state index in [1.807, 2.05) is 0 Å². The van der Waals surface area contributed by atoms with E-state index in [2.05, 4.69) is 0 Å². The molecule has 0 radical (unpaired) electrons. The zero-order chi connectivity index (χ0) is 15.7. The summed E-state index contributed by atoms with van der Waals surface area (Å²) in [5.74, 6) is -0.874. The van der Waals surface area contributed by atoms with E-state index in [1.165, 1.54) is 23.1 Å². The van der Waals surface area contributed by atoms with Crippen molar-refractivity contribution in [1.82, 2.24) is 0 Å². The molecule has 4 nitrogen and oxygen atoms in total. The number of para-hydroxylation sites is 1. The van der Waals surface area contributed by atoms with Gasteiger partial charge in [-0.1, -0.05) is 24.3 Å². The molecule has 114 valence electrons. The van der Waals surface area contributed by atoms with Crippen LogP contribution in [0.25, 0.3) is 0 Å². The van der Waals surface area contributed by atoms with Crippen LogP contribution in [0.2, 0.25) is 0 Å². The predicted octanol–water partition coefficient (Wildman–Crippen LogP) is 2.54. The minimum Gasteiger partial charge on any atom is -0.307 e. The number of sulfone groups is 1. The van der Waals surface area contributed by atoms with Crippen molar-refractivity contribution in [3.63, 3.8) is 0 Å². The lowest BCUT2D eigenvalue weighted by atomic mass is 10.2. The second-order valence-corrected chi connectivity index (χ2v) is 7.22. The van der Waals surface area contributed by atoms with Crippen molar-refractivity contribution in [2.45, 2.75) is 17.9 Å². The van der Waals surface area contributed by atoms with E-state index >= 15 is 0 Å². The Balaban J connectivity index is 2.07. The van der Waals surface area contributed by atoms with Gasteiger partial charge in [0, 0.05) is 6.42 Å². The van der Waals surface area contributed by atoms with Gasteiger partial charge in [0.15, 0.2) is 9.84 Å². The van der Waals surface area contributed by atoms with Crippen molar-refractivity contribution < 1.29 is 17.6 Å². The van der Waals surface area contributed by atoms with Crippen LogP contribution in [-0.2, 0) is 21.2 Å². The van der Waals surface area contributed by atoms with Gasteiger partial charge in [0.25, 0.3) is 0 Å². The molecule has 0 saturated carbocycles. The molecule has 0 atom stereocenters. The molecule has 0 aromatic heterocycles. The number of rotatable bonds is 2. The standard InChI is InChI=1S/C16H14FNO3S/c17-13-5-3-4-12(10-13)11-18-14-6-1-2-7-15(14)22(20,21)9-8-16(18)19/h1-7,10H,8-9,11H2. The Bertz CT molecular complexity index is 833. The summed E-state index contributed by atoms with van der Waals surface area (Å²) in [5.41, 5.74) is 0.969. The van der Waals surface area contributed by atoms with Crippen LogP contribution >= 0.6 is 0 Å². The SMILES string of the molecule is O=C1CCS(=O)(=O)c2ccccc2N1Cc1cccc(F)c1. The second kappa shape index (κ2) is 5.53. The molecule has 1 aliphatic rings. The highest BCUT2D eigenvalue weighted by molar-refractivity contribution is 7.91. The zero-order valence-electron chi connectivity index (χ0n) is 11.7. The van der Waals surface area contributed by atoms with Crippen molar-refractivity contribution in [3.8, 4) is 0 Å². The number of fused-ring (bicyclic) bond motifs is 1. The number of hydrogen-bond acceptors (Lipinski definition) is 3. The highest BCUT2D eigenvalue weighted by Crippen LogP contribution is 2.31. The number of nitrogens with zero attached hydrogens (tertiary/aromatic N) is 1. The summed E-state index contributed by atoms with van der Waals surface area (Å²) in [6.07, 6.45) is -0.0771. The van der Waals surface area contributed by atoms with Gasteiger partial charge in [-0.25, -0.2) is 12.8 Å². The molecule has 22 heavy (non-hydrogen) atoms. The summed E-state index contributed by atoms with van der Waals surface area (Å²) in [6, 6.07) is 12.4. The molecule has 1 amide bonds. The van der Waals surface area contributed by atoms with E-state index in [0.717, 1.165) is 0 Å². The maximum atomic E-state index is 13.3. The summed E-state index contributed by atoms with van der Waals surface area (Å²) in [7, 11) is -3.48. The van der Waals surface area contributed by atoms with Crippen LogP contribution in [0.15, 0.2) is 53.4 Å². The first-order valence-electron chi connectivity index (χ1n) is 6.84. The van der Waals surface area contributed by atoms with Crippen LogP contribution in [0.5, 0.6) is 0 Å². The van der Waals surface area contributed by atoms with Gasteiger partial charge in [0.05, 0.1) is 22.9 Å². The van der Waals surface area contributed by atoms with Gasteiger partial charge >= 0.3 is 0 Å². The molecule has 0 aliphatic carbocycles. The summed E-state index contributed by atoms with van der Waals surface area (Å²) in [4.78, 5) is 13.9. The third-order valence-electron chi connectivity index (χ3n) is 3.61. The molecule has 0 unspecified atom stereocenters. The maximum Gasteiger partial charge on any atom is 0.228 e. The van der Waals surface area contributed by atoms with Crippen LogP contribution in [0.3, 0.4) is 0 Å². The number of carbonyl (C=O) groups excluding carboxylic acids is 1.